The number of hydrogen-bond donors (Lipinski definition) is 0. The molecule has 3 aliphatic rings. The molecule has 7 rings (SSSR count). The zero-order chi connectivity index (χ0) is 26.9. The molecule has 1 aliphatic heterocycles. The van der Waals surface area contributed by atoms with Crippen LogP contribution in [0, 0.1) is 0 Å². The largest absolute Gasteiger partial charge is 0.464 e. The molecular weight excluding hydrogens is 492 g/mol. The lowest BCUT2D eigenvalue weighted by Crippen LogP contribution is -2.34. The smallest absolute Gasteiger partial charge is 0.217 e. The summed E-state index contributed by atoms with van der Waals surface area (Å²) in [6, 6.07) is 27.1. The van der Waals surface area contributed by atoms with Crippen molar-refractivity contribution in [2.24, 2.45) is 4.99 Å². The van der Waals surface area contributed by atoms with Crippen molar-refractivity contribution in [2.75, 3.05) is 0 Å². The maximum Gasteiger partial charge on any atom is 0.217 e. The number of allylic oxidation sites excluding steroid dienone is 2. The normalized spacial score (nSPS) is 22.0. The van der Waals surface area contributed by atoms with E-state index in [1.54, 1.807) is 0 Å². The zero-order valence-corrected chi connectivity index (χ0v) is 22.7. The average Bonchev–Trinajstić information content (AvgIpc) is 3.39. The van der Waals surface area contributed by atoms with Gasteiger partial charge in [0.25, 0.3) is 0 Å². The van der Waals surface area contributed by atoms with Crippen LogP contribution >= 0.6 is 0 Å². The molecule has 198 valence electrons. The molecule has 2 atom stereocenters. The Balaban J connectivity index is 1.26. The molecular formula is C35H32N4O. The van der Waals surface area contributed by atoms with Crippen LogP contribution in [0.4, 0.5) is 0 Å². The van der Waals surface area contributed by atoms with Gasteiger partial charge >= 0.3 is 0 Å². The standard InChI is InChI=1S/C35H32N4O/c1-35-23-11-10-18-30(35)36-34(40-35)27-21-19-24(20-22-27)28-16-8-9-17-29(28)33-38-31(25-12-4-2-5-13-25)37-32(39-33)26-14-6-3-7-15-26/h2,4-5,8-13,16-23,26,30H,3,6-7,14-15H2,1H3. The third kappa shape index (κ3) is 4.66. The average molecular weight is 525 g/mol. The van der Waals surface area contributed by atoms with Gasteiger partial charge in [-0.1, -0.05) is 104 Å². The van der Waals surface area contributed by atoms with Gasteiger partial charge < -0.3 is 4.74 Å². The van der Waals surface area contributed by atoms with Crippen LogP contribution in [0.2, 0.25) is 0 Å². The third-order valence-corrected chi connectivity index (χ3v) is 8.26. The lowest BCUT2D eigenvalue weighted by atomic mass is 9.88. The van der Waals surface area contributed by atoms with Crippen LogP contribution in [0.25, 0.3) is 33.9 Å². The first-order chi connectivity index (χ1) is 19.7. The van der Waals surface area contributed by atoms with E-state index in [0.29, 0.717) is 11.8 Å². The number of aliphatic imine (C=N–C) groups is 1. The van der Waals surface area contributed by atoms with Gasteiger partial charge in [-0.3, -0.25) is 0 Å². The molecule has 0 spiro atoms. The van der Waals surface area contributed by atoms with Crippen LogP contribution in [0.15, 0.2) is 108 Å². The van der Waals surface area contributed by atoms with Crippen molar-refractivity contribution in [1.82, 2.24) is 15.0 Å². The zero-order valence-electron chi connectivity index (χ0n) is 22.7. The van der Waals surface area contributed by atoms with Gasteiger partial charge in [0.05, 0.1) is 0 Å². The molecule has 2 heterocycles. The van der Waals surface area contributed by atoms with Crippen LogP contribution in [0.3, 0.4) is 0 Å². The van der Waals surface area contributed by atoms with Crippen molar-refractivity contribution in [3.8, 4) is 33.9 Å². The second-order valence-electron chi connectivity index (χ2n) is 11.1. The summed E-state index contributed by atoms with van der Waals surface area (Å²) in [4.78, 5) is 19.9. The number of ether oxygens (including phenoxy) is 1. The SMILES string of the molecule is CC12C=CC=CC1N=C(c1ccc(-c3ccccc3-c3nc(-c4ccccc4)nc(C4CCCCC4)n3)cc1)O2. The van der Waals surface area contributed by atoms with Crippen LogP contribution in [-0.4, -0.2) is 32.5 Å². The highest BCUT2D eigenvalue weighted by atomic mass is 16.5. The van der Waals surface area contributed by atoms with E-state index >= 15 is 0 Å². The highest BCUT2D eigenvalue weighted by molar-refractivity contribution is 5.97. The molecule has 0 radical (unpaired) electrons. The minimum absolute atomic E-state index is 0.00825. The topological polar surface area (TPSA) is 60.3 Å². The fourth-order valence-corrected chi connectivity index (χ4v) is 5.96. The van der Waals surface area contributed by atoms with Crippen molar-refractivity contribution in [1.29, 1.82) is 0 Å². The Bertz CT molecular complexity index is 1620. The Morgan fingerprint density at radius 3 is 2.15 bits per heavy atom. The molecule has 5 heteroatoms. The highest BCUT2D eigenvalue weighted by Gasteiger charge is 2.40. The van der Waals surface area contributed by atoms with Crippen molar-refractivity contribution in [2.45, 2.75) is 56.6 Å². The van der Waals surface area contributed by atoms with Gasteiger partial charge in [-0.25, -0.2) is 19.9 Å². The summed E-state index contributed by atoms with van der Waals surface area (Å²) in [5.74, 6) is 3.46. The van der Waals surface area contributed by atoms with Gasteiger partial charge in [-0.15, -0.1) is 0 Å². The van der Waals surface area contributed by atoms with Gasteiger partial charge in [0.1, 0.15) is 11.9 Å². The lowest BCUT2D eigenvalue weighted by molar-refractivity contribution is 0.142. The predicted octanol–water partition coefficient (Wildman–Crippen LogP) is 7.95. The van der Waals surface area contributed by atoms with Gasteiger partial charge in [-0.05, 0) is 49.1 Å². The maximum absolute atomic E-state index is 6.29. The summed E-state index contributed by atoms with van der Waals surface area (Å²) in [6.45, 7) is 2.08. The fourth-order valence-electron chi connectivity index (χ4n) is 5.96. The Labute approximate surface area is 235 Å². The first kappa shape index (κ1) is 24.6. The Morgan fingerprint density at radius 2 is 1.38 bits per heavy atom. The number of fused-ring (bicyclic) bond motifs is 1. The summed E-state index contributed by atoms with van der Waals surface area (Å²) in [7, 11) is 0. The summed E-state index contributed by atoms with van der Waals surface area (Å²) < 4.78 is 6.29. The first-order valence-corrected chi connectivity index (χ1v) is 14.3. The molecule has 2 unspecified atom stereocenters. The van der Waals surface area contributed by atoms with Crippen LogP contribution in [0.5, 0.6) is 0 Å². The molecule has 3 aromatic carbocycles. The van der Waals surface area contributed by atoms with Crippen molar-refractivity contribution >= 4 is 5.90 Å². The van der Waals surface area contributed by atoms with Gasteiger partial charge in [-0.2, -0.15) is 0 Å². The predicted molar refractivity (Wildman–Crippen MR) is 160 cm³/mol. The quantitative estimate of drug-likeness (QED) is 0.266. The molecule has 1 saturated carbocycles. The maximum atomic E-state index is 6.29. The van der Waals surface area contributed by atoms with Gasteiger partial charge in [0.15, 0.2) is 17.2 Å². The monoisotopic (exact) mass is 524 g/mol. The number of hydrogen-bond acceptors (Lipinski definition) is 5. The molecule has 0 bridgehead atoms. The van der Waals surface area contributed by atoms with Crippen LogP contribution in [-0.2, 0) is 4.74 Å². The van der Waals surface area contributed by atoms with Crippen molar-refractivity contribution in [3.05, 3.63) is 115 Å². The Hall–Kier alpha value is -4.38. The highest BCUT2D eigenvalue weighted by Crippen LogP contribution is 2.36. The number of rotatable bonds is 5. The minimum atomic E-state index is -0.416. The van der Waals surface area contributed by atoms with Gasteiger partial charge in [0.2, 0.25) is 5.90 Å². The van der Waals surface area contributed by atoms with E-state index in [4.69, 9.17) is 24.7 Å². The van der Waals surface area contributed by atoms with E-state index in [-0.39, 0.29) is 6.04 Å². The van der Waals surface area contributed by atoms with E-state index in [1.807, 2.05) is 30.4 Å². The summed E-state index contributed by atoms with van der Waals surface area (Å²) in [5.41, 5.74) is 4.78. The lowest BCUT2D eigenvalue weighted by Gasteiger charge is -2.26. The van der Waals surface area contributed by atoms with E-state index in [0.717, 1.165) is 58.1 Å². The molecule has 0 saturated heterocycles. The Kier molecular flexibility index (Phi) is 6.35. The number of aromatic nitrogens is 3. The van der Waals surface area contributed by atoms with Crippen LogP contribution < -0.4 is 0 Å². The van der Waals surface area contributed by atoms with Crippen molar-refractivity contribution < 1.29 is 4.74 Å². The van der Waals surface area contributed by atoms with Gasteiger partial charge in [0, 0.05) is 22.6 Å². The van der Waals surface area contributed by atoms with E-state index in [2.05, 4.69) is 79.7 Å². The molecule has 1 aromatic heterocycles. The van der Waals surface area contributed by atoms with E-state index in [1.165, 1.54) is 19.3 Å². The second-order valence-corrected chi connectivity index (χ2v) is 11.1. The molecule has 0 amide bonds. The fraction of sp³-hybridized carbons (Fsp3) is 0.257. The summed E-state index contributed by atoms with van der Waals surface area (Å²) >= 11 is 0. The number of benzene rings is 3. The van der Waals surface area contributed by atoms with Crippen LogP contribution in [0.1, 0.15) is 56.3 Å². The Morgan fingerprint density at radius 1 is 0.675 bits per heavy atom. The summed E-state index contributed by atoms with van der Waals surface area (Å²) in [5, 5.41) is 0. The van der Waals surface area contributed by atoms with E-state index < -0.39 is 5.60 Å². The molecule has 2 aliphatic carbocycles. The molecule has 40 heavy (non-hydrogen) atoms. The molecule has 0 N–H and O–H groups in total. The molecule has 5 nitrogen and oxygen atoms in total. The molecule has 4 aromatic rings. The van der Waals surface area contributed by atoms with E-state index in [9.17, 15) is 0 Å². The third-order valence-electron chi connectivity index (χ3n) is 8.26. The molecule has 1 fully saturated rings. The summed E-state index contributed by atoms with van der Waals surface area (Å²) in [6.07, 6.45) is 14.3. The second kappa shape index (κ2) is 10.3. The number of nitrogens with zero attached hydrogens (tertiary/aromatic N) is 4. The van der Waals surface area contributed by atoms with Crippen molar-refractivity contribution in [3.63, 3.8) is 0 Å². The minimum Gasteiger partial charge on any atom is -0.464 e. The first-order valence-electron chi connectivity index (χ1n) is 14.3.